The lowest BCUT2D eigenvalue weighted by molar-refractivity contribution is 0.102. The summed E-state index contributed by atoms with van der Waals surface area (Å²) in [5.41, 5.74) is 1.53. The number of amides is 1. The molecule has 0 heterocycles. The van der Waals surface area contributed by atoms with E-state index in [0.29, 0.717) is 5.69 Å². The zero-order valence-electron chi connectivity index (χ0n) is 9.71. The third kappa shape index (κ3) is 2.96. The van der Waals surface area contributed by atoms with E-state index in [1.807, 2.05) is 19.1 Å². The fourth-order valence-electron chi connectivity index (χ4n) is 1.54. The first-order chi connectivity index (χ1) is 8.56. The predicted octanol–water partition coefficient (Wildman–Crippen LogP) is 4.15. The molecule has 0 aliphatic heterocycles. The van der Waals surface area contributed by atoms with Gasteiger partial charge in [0.25, 0.3) is 5.91 Å². The molecule has 4 heteroatoms. The van der Waals surface area contributed by atoms with Crippen molar-refractivity contribution in [3.05, 3.63) is 63.9 Å². The fourth-order valence-corrected chi connectivity index (χ4v) is 1.81. The second-order valence-electron chi connectivity index (χ2n) is 3.94. The molecule has 0 aliphatic rings. The Balaban J connectivity index is 2.21. The van der Waals surface area contributed by atoms with Crippen LogP contribution in [-0.4, -0.2) is 5.91 Å². The van der Waals surface area contributed by atoms with Gasteiger partial charge < -0.3 is 5.32 Å². The van der Waals surface area contributed by atoms with Crippen LogP contribution in [0.1, 0.15) is 15.9 Å². The summed E-state index contributed by atoms with van der Waals surface area (Å²) in [4.78, 5) is 11.9. The van der Waals surface area contributed by atoms with Gasteiger partial charge in [-0.05, 0) is 43.3 Å². The SMILES string of the molecule is Cc1ccc(F)c(C(=O)Nc2ccc(Br)cc2)c1. The highest BCUT2D eigenvalue weighted by Crippen LogP contribution is 2.16. The second-order valence-corrected chi connectivity index (χ2v) is 4.86. The molecular formula is C14H11BrFNO. The summed E-state index contributed by atoms with van der Waals surface area (Å²) >= 11 is 3.31. The number of hydrogen-bond donors (Lipinski definition) is 1. The number of rotatable bonds is 2. The Morgan fingerprint density at radius 2 is 1.83 bits per heavy atom. The summed E-state index contributed by atoms with van der Waals surface area (Å²) in [7, 11) is 0. The van der Waals surface area contributed by atoms with Crippen LogP contribution in [0.15, 0.2) is 46.9 Å². The Hall–Kier alpha value is -1.68. The maximum Gasteiger partial charge on any atom is 0.258 e. The normalized spacial score (nSPS) is 10.2. The van der Waals surface area contributed by atoms with Crippen LogP contribution in [0.4, 0.5) is 10.1 Å². The van der Waals surface area contributed by atoms with Crippen LogP contribution in [0.5, 0.6) is 0 Å². The monoisotopic (exact) mass is 307 g/mol. The van der Waals surface area contributed by atoms with Gasteiger partial charge in [0, 0.05) is 10.2 Å². The van der Waals surface area contributed by atoms with Crippen molar-refractivity contribution in [2.75, 3.05) is 5.32 Å². The second kappa shape index (κ2) is 5.31. The molecule has 0 spiro atoms. The lowest BCUT2D eigenvalue weighted by Crippen LogP contribution is -2.13. The van der Waals surface area contributed by atoms with E-state index in [1.165, 1.54) is 12.1 Å². The summed E-state index contributed by atoms with van der Waals surface area (Å²) in [6.45, 7) is 1.82. The molecule has 92 valence electrons. The maximum absolute atomic E-state index is 13.5. The highest BCUT2D eigenvalue weighted by Gasteiger charge is 2.11. The number of nitrogens with one attached hydrogen (secondary N) is 1. The number of hydrogen-bond acceptors (Lipinski definition) is 1. The third-order valence-corrected chi connectivity index (χ3v) is 3.00. The molecule has 0 unspecified atom stereocenters. The summed E-state index contributed by atoms with van der Waals surface area (Å²) in [6.07, 6.45) is 0. The number of anilines is 1. The Bertz CT molecular complexity index is 581. The van der Waals surface area contributed by atoms with Gasteiger partial charge in [-0.2, -0.15) is 0 Å². The molecule has 2 aromatic rings. The molecule has 1 N–H and O–H groups in total. The molecule has 0 fully saturated rings. The summed E-state index contributed by atoms with van der Waals surface area (Å²) < 4.78 is 14.4. The molecule has 0 saturated heterocycles. The van der Waals surface area contributed by atoms with Gasteiger partial charge in [-0.1, -0.05) is 27.6 Å². The van der Waals surface area contributed by atoms with Crippen molar-refractivity contribution < 1.29 is 9.18 Å². The van der Waals surface area contributed by atoms with E-state index in [4.69, 9.17) is 0 Å². The first-order valence-corrected chi connectivity index (χ1v) is 6.18. The summed E-state index contributed by atoms with van der Waals surface area (Å²) in [5.74, 6) is -0.964. The molecule has 0 bridgehead atoms. The number of halogens is 2. The minimum atomic E-state index is -0.518. The van der Waals surface area contributed by atoms with Crippen molar-refractivity contribution in [3.63, 3.8) is 0 Å². The molecule has 0 aliphatic carbocycles. The van der Waals surface area contributed by atoms with Gasteiger partial charge in [-0.3, -0.25) is 4.79 Å². The zero-order chi connectivity index (χ0) is 13.1. The van der Waals surface area contributed by atoms with Gasteiger partial charge in [0.15, 0.2) is 0 Å². The van der Waals surface area contributed by atoms with Crippen LogP contribution >= 0.6 is 15.9 Å². The van der Waals surface area contributed by atoms with Crippen LogP contribution < -0.4 is 5.32 Å². The topological polar surface area (TPSA) is 29.1 Å². The average Bonchev–Trinajstić information content (AvgIpc) is 2.35. The fraction of sp³-hybridized carbons (Fsp3) is 0.0714. The minimum Gasteiger partial charge on any atom is -0.322 e. The highest BCUT2D eigenvalue weighted by molar-refractivity contribution is 9.10. The Labute approximate surface area is 113 Å². The zero-order valence-corrected chi connectivity index (χ0v) is 11.3. The van der Waals surface area contributed by atoms with E-state index >= 15 is 0 Å². The number of carbonyl (C=O) groups excluding carboxylic acids is 1. The molecule has 2 nitrogen and oxygen atoms in total. The Morgan fingerprint density at radius 3 is 2.50 bits per heavy atom. The van der Waals surface area contributed by atoms with Crippen molar-refractivity contribution in [2.45, 2.75) is 6.92 Å². The smallest absolute Gasteiger partial charge is 0.258 e. The largest absolute Gasteiger partial charge is 0.322 e. The molecule has 0 atom stereocenters. The number of benzene rings is 2. The van der Waals surface area contributed by atoms with Crippen molar-refractivity contribution >= 4 is 27.5 Å². The molecule has 2 rings (SSSR count). The highest BCUT2D eigenvalue weighted by atomic mass is 79.9. The quantitative estimate of drug-likeness (QED) is 0.887. The van der Waals surface area contributed by atoms with Crippen molar-refractivity contribution in [1.29, 1.82) is 0 Å². The average molecular weight is 308 g/mol. The summed E-state index contributed by atoms with van der Waals surface area (Å²) in [6, 6.07) is 11.6. The van der Waals surface area contributed by atoms with E-state index in [9.17, 15) is 9.18 Å². The predicted molar refractivity (Wildman–Crippen MR) is 73.2 cm³/mol. The van der Waals surface area contributed by atoms with Crippen LogP contribution in [0.3, 0.4) is 0 Å². The van der Waals surface area contributed by atoms with Gasteiger partial charge in [0.2, 0.25) is 0 Å². The number of aryl methyl sites for hydroxylation is 1. The molecule has 2 aromatic carbocycles. The molecule has 0 saturated carbocycles. The first-order valence-electron chi connectivity index (χ1n) is 5.39. The van der Waals surface area contributed by atoms with Gasteiger partial charge >= 0.3 is 0 Å². The van der Waals surface area contributed by atoms with Crippen molar-refractivity contribution in [3.8, 4) is 0 Å². The van der Waals surface area contributed by atoms with Gasteiger partial charge in [0.05, 0.1) is 5.56 Å². The maximum atomic E-state index is 13.5. The molecule has 18 heavy (non-hydrogen) atoms. The molecular weight excluding hydrogens is 297 g/mol. The van der Waals surface area contributed by atoms with Crippen LogP contribution in [0.25, 0.3) is 0 Å². The molecule has 0 radical (unpaired) electrons. The third-order valence-electron chi connectivity index (χ3n) is 2.47. The van der Waals surface area contributed by atoms with Gasteiger partial charge in [-0.15, -0.1) is 0 Å². The number of carbonyl (C=O) groups is 1. The molecule has 0 aromatic heterocycles. The lowest BCUT2D eigenvalue weighted by Gasteiger charge is -2.07. The Kier molecular flexibility index (Phi) is 3.77. The van der Waals surface area contributed by atoms with Crippen LogP contribution in [0.2, 0.25) is 0 Å². The first kappa shape index (κ1) is 12.8. The van der Waals surface area contributed by atoms with E-state index in [1.54, 1.807) is 18.2 Å². The van der Waals surface area contributed by atoms with Crippen LogP contribution in [0, 0.1) is 12.7 Å². The van der Waals surface area contributed by atoms with Crippen molar-refractivity contribution in [2.24, 2.45) is 0 Å². The minimum absolute atomic E-state index is 0.0536. The van der Waals surface area contributed by atoms with E-state index < -0.39 is 11.7 Å². The Morgan fingerprint density at radius 1 is 1.17 bits per heavy atom. The van der Waals surface area contributed by atoms with Crippen LogP contribution in [-0.2, 0) is 0 Å². The molecule has 1 amide bonds. The van der Waals surface area contributed by atoms with E-state index in [0.717, 1.165) is 10.0 Å². The van der Waals surface area contributed by atoms with Gasteiger partial charge in [0.1, 0.15) is 5.82 Å². The van der Waals surface area contributed by atoms with E-state index in [-0.39, 0.29) is 5.56 Å². The van der Waals surface area contributed by atoms with Gasteiger partial charge in [-0.25, -0.2) is 4.39 Å². The summed E-state index contributed by atoms with van der Waals surface area (Å²) in [5, 5.41) is 2.65. The van der Waals surface area contributed by atoms with Crippen molar-refractivity contribution in [1.82, 2.24) is 0 Å². The standard InChI is InChI=1S/C14H11BrFNO/c1-9-2-7-13(16)12(8-9)14(18)17-11-5-3-10(15)4-6-11/h2-8H,1H3,(H,17,18). The lowest BCUT2D eigenvalue weighted by atomic mass is 10.1. The van der Waals surface area contributed by atoms with E-state index in [2.05, 4.69) is 21.2 Å².